The molecule has 1 aromatic carbocycles. The van der Waals surface area contributed by atoms with E-state index in [1.807, 2.05) is 0 Å². The van der Waals surface area contributed by atoms with Crippen LogP contribution in [0.15, 0.2) is 28.8 Å². The zero-order valence-electron chi connectivity index (χ0n) is 12.5. The Morgan fingerprint density at radius 1 is 1.27 bits per heavy atom. The smallest absolute Gasteiger partial charge is 0.254 e. The van der Waals surface area contributed by atoms with Crippen LogP contribution in [0, 0.1) is 12.7 Å². The molecule has 1 aliphatic rings. The van der Waals surface area contributed by atoms with Gasteiger partial charge in [0.05, 0.1) is 0 Å². The molecule has 0 saturated carbocycles. The number of aromatic nitrogens is 2. The lowest BCUT2D eigenvalue weighted by atomic mass is 10.1. The van der Waals surface area contributed by atoms with Gasteiger partial charge in [0, 0.05) is 12.1 Å². The molecule has 6 heteroatoms. The highest BCUT2D eigenvalue weighted by Crippen LogP contribution is 2.30. The molecular formula is C16H18FN3O2. The van der Waals surface area contributed by atoms with Crippen LogP contribution in [-0.2, 0) is 0 Å². The van der Waals surface area contributed by atoms with Crippen LogP contribution in [0.1, 0.15) is 53.8 Å². The molecule has 5 nitrogen and oxygen atoms in total. The molecule has 1 unspecified atom stereocenters. The van der Waals surface area contributed by atoms with Crippen LogP contribution in [0.4, 0.5) is 4.39 Å². The molecule has 1 fully saturated rings. The normalized spacial score (nSPS) is 19.0. The maximum atomic E-state index is 13.0. The number of carbonyl (C=O) groups is 1. The van der Waals surface area contributed by atoms with Crippen molar-refractivity contribution in [3.05, 3.63) is 47.4 Å². The summed E-state index contributed by atoms with van der Waals surface area (Å²) >= 11 is 0. The number of amides is 1. The fraction of sp³-hybridized carbons (Fsp3) is 0.438. The average Bonchev–Trinajstić information content (AvgIpc) is 2.81. The summed E-state index contributed by atoms with van der Waals surface area (Å²) in [5.41, 5.74) is 0.476. The van der Waals surface area contributed by atoms with E-state index in [0.717, 1.165) is 25.7 Å². The van der Waals surface area contributed by atoms with Crippen molar-refractivity contribution in [2.45, 2.75) is 38.6 Å². The molecule has 1 amide bonds. The van der Waals surface area contributed by atoms with Crippen molar-refractivity contribution in [1.82, 2.24) is 15.0 Å². The zero-order valence-corrected chi connectivity index (χ0v) is 12.5. The van der Waals surface area contributed by atoms with Gasteiger partial charge >= 0.3 is 0 Å². The summed E-state index contributed by atoms with van der Waals surface area (Å²) in [6.45, 7) is 2.40. The molecule has 0 spiro atoms. The Bertz CT molecular complexity index is 654. The summed E-state index contributed by atoms with van der Waals surface area (Å²) in [6, 6.07) is 5.42. The van der Waals surface area contributed by atoms with Gasteiger partial charge in [0.25, 0.3) is 5.91 Å². The Morgan fingerprint density at radius 3 is 2.73 bits per heavy atom. The van der Waals surface area contributed by atoms with Gasteiger partial charge in [0.1, 0.15) is 11.9 Å². The minimum absolute atomic E-state index is 0.122. The van der Waals surface area contributed by atoms with Crippen molar-refractivity contribution in [3.63, 3.8) is 0 Å². The second-order valence-electron chi connectivity index (χ2n) is 5.55. The molecule has 1 atom stereocenters. The number of hydrogen-bond donors (Lipinski definition) is 0. The standard InChI is InChI=1S/C16H18FN3O2/c1-11-18-15(22-19-11)14-5-3-2-4-10-20(14)16(21)12-6-8-13(17)9-7-12/h6-9,14H,2-5,10H2,1H3. The molecule has 0 bridgehead atoms. The first-order chi connectivity index (χ1) is 10.6. The van der Waals surface area contributed by atoms with Gasteiger partial charge < -0.3 is 9.42 Å². The minimum Gasteiger partial charge on any atom is -0.337 e. The number of carbonyl (C=O) groups excluding carboxylic acids is 1. The number of halogens is 1. The number of nitrogens with zero attached hydrogens (tertiary/aromatic N) is 3. The van der Waals surface area contributed by atoms with Crippen LogP contribution in [0.25, 0.3) is 0 Å². The van der Waals surface area contributed by atoms with Crippen molar-refractivity contribution >= 4 is 5.91 Å². The number of rotatable bonds is 2. The fourth-order valence-electron chi connectivity index (χ4n) is 2.81. The van der Waals surface area contributed by atoms with Gasteiger partial charge in [-0.05, 0) is 44.0 Å². The number of likely N-dealkylation sites (tertiary alicyclic amines) is 1. The third-order valence-corrected chi connectivity index (χ3v) is 3.93. The molecule has 116 valence electrons. The molecule has 22 heavy (non-hydrogen) atoms. The van der Waals surface area contributed by atoms with Gasteiger partial charge in [-0.2, -0.15) is 4.98 Å². The van der Waals surface area contributed by atoms with E-state index in [2.05, 4.69) is 10.1 Å². The Morgan fingerprint density at radius 2 is 2.05 bits per heavy atom. The van der Waals surface area contributed by atoms with Crippen LogP contribution in [0.3, 0.4) is 0 Å². The molecule has 1 aromatic heterocycles. The lowest BCUT2D eigenvalue weighted by Gasteiger charge is -2.27. The van der Waals surface area contributed by atoms with E-state index < -0.39 is 0 Å². The molecular weight excluding hydrogens is 285 g/mol. The summed E-state index contributed by atoms with van der Waals surface area (Å²) in [5.74, 6) is 0.572. The van der Waals surface area contributed by atoms with Crippen molar-refractivity contribution in [1.29, 1.82) is 0 Å². The molecule has 1 aliphatic heterocycles. The van der Waals surface area contributed by atoms with E-state index in [-0.39, 0.29) is 17.8 Å². The summed E-state index contributed by atoms with van der Waals surface area (Å²) in [7, 11) is 0. The van der Waals surface area contributed by atoms with E-state index in [1.54, 1.807) is 11.8 Å². The number of benzene rings is 1. The second kappa shape index (κ2) is 6.25. The van der Waals surface area contributed by atoms with E-state index in [4.69, 9.17) is 4.52 Å². The van der Waals surface area contributed by atoms with Gasteiger partial charge in [-0.15, -0.1) is 0 Å². The third-order valence-electron chi connectivity index (χ3n) is 3.93. The van der Waals surface area contributed by atoms with Gasteiger partial charge in [0.15, 0.2) is 5.82 Å². The van der Waals surface area contributed by atoms with Gasteiger partial charge in [-0.25, -0.2) is 4.39 Å². The maximum absolute atomic E-state index is 13.0. The van der Waals surface area contributed by atoms with Gasteiger partial charge in [-0.3, -0.25) is 4.79 Å². The summed E-state index contributed by atoms with van der Waals surface area (Å²) in [4.78, 5) is 18.8. The fourth-order valence-corrected chi connectivity index (χ4v) is 2.81. The van der Waals surface area contributed by atoms with Gasteiger partial charge in [-0.1, -0.05) is 18.0 Å². The number of hydrogen-bond acceptors (Lipinski definition) is 4. The molecule has 2 heterocycles. The quantitative estimate of drug-likeness (QED) is 0.854. The lowest BCUT2D eigenvalue weighted by molar-refractivity contribution is 0.0644. The van der Waals surface area contributed by atoms with Crippen LogP contribution in [-0.4, -0.2) is 27.5 Å². The maximum Gasteiger partial charge on any atom is 0.254 e. The van der Waals surface area contributed by atoms with Crippen molar-refractivity contribution in [3.8, 4) is 0 Å². The largest absolute Gasteiger partial charge is 0.337 e. The molecule has 0 N–H and O–H groups in total. The Kier molecular flexibility index (Phi) is 4.18. The zero-order chi connectivity index (χ0) is 15.5. The SMILES string of the molecule is Cc1noc(C2CCCCCN2C(=O)c2ccc(F)cc2)n1. The van der Waals surface area contributed by atoms with Crippen molar-refractivity contribution in [2.24, 2.45) is 0 Å². The van der Waals surface area contributed by atoms with E-state index >= 15 is 0 Å². The number of aryl methyl sites for hydroxylation is 1. The monoisotopic (exact) mass is 303 g/mol. The Labute approximate surface area is 128 Å². The molecule has 3 rings (SSSR count). The summed E-state index contributed by atoms with van der Waals surface area (Å²) < 4.78 is 18.3. The average molecular weight is 303 g/mol. The molecule has 0 aliphatic carbocycles. The predicted molar refractivity (Wildman–Crippen MR) is 77.7 cm³/mol. The highest BCUT2D eigenvalue weighted by molar-refractivity contribution is 5.94. The van der Waals surface area contributed by atoms with E-state index in [0.29, 0.717) is 23.8 Å². The first-order valence-corrected chi connectivity index (χ1v) is 7.52. The topological polar surface area (TPSA) is 59.2 Å². The minimum atomic E-state index is -0.350. The van der Waals surface area contributed by atoms with Crippen LogP contribution in [0.2, 0.25) is 0 Å². The van der Waals surface area contributed by atoms with Crippen molar-refractivity contribution < 1.29 is 13.7 Å². The summed E-state index contributed by atoms with van der Waals surface area (Å²) in [6.07, 6.45) is 3.82. The molecule has 0 radical (unpaired) electrons. The first kappa shape index (κ1) is 14.7. The Hall–Kier alpha value is -2.24. The summed E-state index contributed by atoms with van der Waals surface area (Å²) in [5, 5.41) is 3.83. The van der Waals surface area contributed by atoms with Crippen LogP contribution >= 0.6 is 0 Å². The highest BCUT2D eigenvalue weighted by atomic mass is 19.1. The van der Waals surface area contributed by atoms with Crippen LogP contribution < -0.4 is 0 Å². The second-order valence-corrected chi connectivity index (χ2v) is 5.55. The van der Waals surface area contributed by atoms with Crippen molar-refractivity contribution in [2.75, 3.05) is 6.54 Å². The van der Waals surface area contributed by atoms with E-state index in [9.17, 15) is 9.18 Å². The third kappa shape index (κ3) is 3.00. The first-order valence-electron chi connectivity index (χ1n) is 7.52. The van der Waals surface area contributed by atoms with Gasteiger partial charge in [0.2, 0.25) is 5.89 Å². The highest BCUT2D eigenvalue weighted by Gasteiger charge is 2.31. The molecule has 2 aromatic rings. The van der Waals surface area contributed by atoms with Crippen LogP contribution in [0.5, 0.6) is 0 Å². The Balaban J connectivity index is 1.89. The predicted octanol–water partition coefficient (Wildman–Crippen LogP) is 3.27. The lowest BCUT2D eigenvalue weighted by Crippen LogP contribution is -2.35. The van der Waals surface area contributed by atoms with E-state index in [1.165, 1.54) is 24.3 Å². The molecule has 1 saturated heterocycles.